The molecule has 86 valence electrons. The van der Waals surface area contributed by atoms with Crippen LogP contribution in [0.3, 0.4) is 0 Å². The van der Waals surface area contributed by atoms with E-state index >= 15 is 0 Å². The van der Waals surface area contributed by atoms with Crippen LogP contribution >= 0.6 is 0 Å². The molecule has 0 heterocycles. The molecule has 0 fully saturated rings. The number of nitriles is 1. The molecule has 0 bridgehead atoms. The van der Waals surface area contributed by atoms with Crippen LogP contribution < -0.4 is 4.90 Å². The Labute approximate surface area is 102 Å². The molecule has 1 aliphatic carbocycles. The Hall–Kier alpha value is -2.01. The molecule has 0 N–H and O–H groups in total. The van der Waals surface area contributed by atoms with Crippen LogP contribution in [-0.2, 0) is 0 Å². The molecule has 1 aromatic rings. The van der Waals surface area contributed by atoms with E-state index in [0.717, 1.165) is 23.2 Å². The molecule has 1 aromatic carbocycles. The highest BCUT2D eigenvalue weighted by atomic mass is 15.1. The predicted molar refractivity (Wildman–Crippen MR) is 71.0 cm³/mol. The third-order valence-electron chi connectivity index (χ3n) is 3.26. The standard InChI is InChI=1S/C15H16N2/c1-12-13(11-16)7-6-10-15(12)17(2)14-8-4-3-5-9-14/h3-8,10,14H,9H2,1-2H3. The van der Waals surface area contributed by atoms with Gasteiger partial charge in [-0.05, 0) is 31.0 Å². The summed E-state index contributed by atoms with van der Waals surface area (Å²) in [5.41, 5.74) is 2.94. The number of rotatable bonds is 2. The molecule has 0 spiro atoms. The third-order valence-corrected chi connectivity index (χ3v) is 3.26. The summed E-state index contributed by atoms with van der Waals surface area (Å²) in [5, 5.41) is 9.04. The van der Waals surface area contributed by atoms with Gasteiger partial charge in [0.2, 0.25) is 0 Å². The summed E-state index contributed by atoms with van der Waals surface area (Å²) in [6.07, 6.45) is 9.53. The van der Waals surface area contributed by atoms with E-state index in [2.05, 4.69) is 48.4 Å². The first kappa shape index (κ1) is 11.5. The zero-order chi connectivity index (χ0) is 12.3. The van der Waals surface area contributed by atoms with Gasteiger partial charge in [-0.2, -0.15) is 5.26 Å². The quantitative estimate of drug-likeness (QED) is 0.771. The number of anilines is 1. The molecule has 1 atom stereocenters. The van der Waals surface area contributed by atoms with Crippen LogP contribution in [0.2, 0.25) is 0 Å². The summed E-state index contributed by atoms with van der Waals surface area (Å²) in [5.74, 6) is 0. The molecule has 0 saturated carbocycles. The van der Waals surface area contributed by atoms with E-state index in [9.17, 15) is 0 Å². The second-order valence-electron chi connectivity index (χ2n) is 4.29. The van der Waals surface area contributed by atoms with E-state index < -0.39 is 0 Å². The SMILES string of the molecule is Cc1c(C#N)cccc1N(C)C1C=CC=CC1. The Morgan fingerprint density at radius 3 is 2.82 bits per heavy atom. The highest BCUT2D eigenvalue weighted by molar-refractivity contribution is 5.60. The van der Waals surface area contributed by atoms with Crippen molar-refractivity contribution in [2.45, 2.75) is 19.4 Å². The third kappa shape index (κ3) is 2.24. The van der Waals surface area contributed by atoms with Crippen molar-refractivity contribution in [3.8, 4) is 6.07 Å². The largest absolute Gasteiger partial charge is 0.368 e. The minimum absolute atomic E-state index is 0.382. The van der Waals surface area contributed by atoms with Crippen LogP contribution in [0.1, 0.15) is 17.5 Å². The van der Waals surface area contributed by atoms with Gasteiger partial charge in [-0.1, -0.05) is 30.4 Å². The van der Waals surface area contributed by atoms with E-state index in [1.165, 1.54) is 0 Å². The maximum atomic E-state index is 9.04. The number of allylic oxidation sites excluding steroid dienone is 2. The van der Waals surface area contributed by atoms with Gasteiger partial charge in [-0.15, -0.1) is 0 Å². The van der Waals surface area contributed by atoms with Crippen molar-refractivity contribution in [3.63, 3.8) is 0 Å². The Morgan fingerprint density at radius 1 is 1.35 bits per heavy atom. The summed E-state index contributed by atoms with van der Waals surface area (Å²) >= 11 is 0. The molecule has 0 aliphatic heterocycles. The first-order valence-corrected chi connectivity index (χ1v) is 5.80. The van der Waals surface area contributed by atoms with Gasteiger partial charge in [0.1, 0.15) is 0 Å². The average molecular weight is 224 g/mol. The van der Waals surface area contributed by atoms with Gasteiger partial charge in [0.25, 0.3) is 0 Å². The fourth-order valence-corrected chi connectivity index (χ4v) is 2.16. The molecular weight excluding hydrogens is 208 g/mol. The lowest BCUT2D eigenvalue weighted by Crippen LogP contribution is -2.30. The molecule has 1 aliphatic rings. The number of benzene rings is 1. The first-order chi connectivity index (χ1) is 8.24. The van der Waals surface area contributed by atoms with E-state index in [0.29, 0.717) is 6.04 Å². The van der Waals surface area contributed by atoms with Crippen molar-refractivity contribution < 1.29 is 0 Å². The van der Waals surface area contributed by atoms with Crippen molar-refractivity contribution >= 4 is 5.69 Å². The fourth-order valence-electron chi connectivity index (χ4n) is 2.16. The van der Waals surface area contributed by atoms with Gasteiger partial charge in [0, 0.05) is 12.7 Å². The van der Waals surface area contributed by atoms with Gasteiger partial charge in [-0.25, -0.2) is 0 Å². The van der Waals surface area contributed by atoms with Crippen molar-refractivity contribution in [1.82, 2.24) is 0 Å². The van der Waals surface area contributed by atoms with Crippen molar-refractivity contribution in [3.05, 3.63) is 53.6 Å². The number of hydrogen-bond donors (Lipinski definition) is 0. The molecule has 1 unspecified atom stereocenters. The molecule has 17 heavy (non-hydrogen) atoms. The van der Waals surface area contributed by atoms with Gasteiger partial charge in [0.15, 0.2) is 0 Å². The molecule has 0 saturated heterocycles. The maximum absolute atomic E-state index is 9.04. The van der Waals surface area contributed by atoms with Crippen LogP contribution in [0, 0.1) is 18.3 Å². The molecule has 2 heteroatoms. The Bertz CT molecular complexity index is 506. The molecule has 0 aromatic heterocycles. The average Bonchev–Trinajstić information content (AvgIpc) is 2.39. The second kappa shape index (κ2) is 4.88. The van der Waals surface area contributed by atoms with E-state index in [-0.39, 0.29) is 0 Å². The zero-order valence-electron chi connectivity index (χ0n) is 10.2. The minimum atomic E-state index is 0.382. The Morgan fingerprint density at radius 2 is 2.18 bits per heavy atom. The van der Waals surface area contributed by atoms with E-state index in [1.54, 1.807) is 0 Å². The summed E-state index contributed by atoms with van der Waals surface area (Å²) < 4.78 is 0. The van der Waals surface area contributed by atoms with Crippen molar-refractivity contribution in [1.29, 1.82) is 5.26 Å². The highest BCUT2D eigenvalue weighted by Gasteiger charge is 2.15. The predicted octanol–water partition coefficient (Wildman–Crippen LogP) is 3.19. The van der Waals surface area contributed by atoms with Crippen LogP contribution in [0.25, 0.3) is 0 Å². The first-order valence-electron chi connectivity index (χ1n) is 5.80. The van der Waals surface area contributed by atoms with Crippen LogP contribution in [0.5, 0.6) is 0 Å². The number of nitrogens with zero attached hydrogens (tertiary/aromatic N) is 2. The fraction of sp³-hybridized carbons (Fsp3) is 0.267. The van der Waals surface area contributed by atoms with Crippen LogP contribution in [0.4, 0.5) is 5.69 Å². The van der Waals surface area contributed by atoms with Gasteiger partial charge < -0.3 is 4.90 Å². The maximum Gasteiger partial charge on any atom is 0.0995 e. The monoisotopic (exact) mass is 224 g/mol. The topological polar surface area (TPSA) is 27.0 Å². The summed E-state index contributed by atoms with van der Waals surface area (Å²) in [7, 11) is 2.08. The van der Waals surface area contributed by atoms with Crippen LogP contribution in [-0.4, -0.2) is 13.1 Å². The molecule has 2 nitrogen and oxygen atoms in total. The summed E-state index contributed by atoms with van der Waals surface area (Å²) in [6.45, 7) is 2.01. The van der Waals surface area contributed by atoms with Gasteiger partial charge >= 0.3 is 0 Å². The summed E-state index contributed by atoms with van der Waals surface area (Å²) in [6, 6.07) is 8.50. The highest BCUT2D eigenvalue weighted by Crippen LogP contribution is 2.25. The number of hydrogen-bond acceptors (Lipinski definition) is 2. The smallest absolute Gasteiger partial charge is 0.0995 e. The van der Waals surface area contributed by atoms with E-state index in [1.807, 2.05) is 19.1 Å². The molecule has 0 radical (unpaired) electrons. The molecule has 2 rings (SSSR count). The number of likely N-dealkylation sites (N-methyl/N-ethyl adjacent to an activating group) is 1. The lowest BCUT2D eigenvalue weighted by Gasteiger charge is -2.29. The molecular formula is C15H16N2. The second-order valence-corrected chi connectivity index (χ2v) is 4.29. The van der Waals surface area contributed by atoms with Crippen molar-refractivity contribution in [2.75, 3.05) is 11.9 Å². The Kier molecular flexibility index (Phi) is 3.30. The van der Waals surface area contributed by atoms with Crippen molar-refractivity contribution in [2.24, 2.45) is 0 Å². The normalized spacial score (nSPS) is 17.8. The van der Waals surface area contributed by atoms with E-state index in [4.69, 9.17) is 5.26 Å². The summed E-state index contributed by atoms with van der Waals surface area (Å²) in [4.78, 5) is 2.23. The molecule has 0 amide bonds. The lowest BCUT2D eigenvalue weighted by atomic mass is 10.0. The van der Waals surface area contributed by atoms with Crippen LogP contribution in [0.15, 0.2) is 42.5 Å². The Balaban J connectivity index is 2.31. The minimum Gasteiger partial charge on any atom is -0.368 e. The zero-order valence-corrected chi connectivity index (χ0v) is 10.2. The van der Waals surface area contributed by atoms with Gasteiger partial charge in [-0.3, -0.25) is 0 Å². The lowest BCUT2D eigenvalue weighted by molar-refractivity contribution is 0.751. The van der Waals surface area contributed by atoms with Gasteiger partial charge in [0.05, 0.1) is 17.7 Å².